The average Bonchev–Trinajstić information content (AvgIpc) is 2.78. The Hall–Kier alpha value is -3.29. The molecule has 3 rings (SSSR count). The van der Waals surface area contributed by atoms with E-state index >= 15 is 0 Å². The molecule has 178 valence electrons. The number of Topliss-reactive ketones (excluding diaryl/α,β-unsaturated/α-hetero) is 1. The molecule has 1 aromatic carbocycles. The fourth-order valence-corrected chi connectivity index (χ4v) is 4.54. The highest BCUT2D eigenvalue weighted by atomic mass is 16.5. The molecule has 0 saturated heterocycles. The predicted octanol–water partition coefficient (Wildman–Crippen LogP) is 3.36. The van der Waals surface area contributed by atoms with Crippen LogP contribution in [-0.4, -0.2) is 43.2 Å². The highest BCUT2D eigenvalue weighted by molar-refractivity contribution is 6.12. The van der Waals surface area contributed by atoms with Crippen LogP contribution in [0.4, 0.5) is 0 Å². The number of hydrogen-bond acceptors (Lipinski definition) is 8. The molecule has 1 aromatic rings. The van der Waals surface area contributed by atoms with Crippen molar-refractivity contribution in [2.75, 3.05) is 20.3 Å². The maximum Gasteiger partial charge on any atom is 0.336 e. The van der Waals surface area contributed by atoms with Crippen molar-refractivity contribution in [3.8, 4) is 11.5 Å². The zero-order chi connectivity index (χ0) is 24.3. The lowest BCUT2D eigenvalue weighted by Gasteiger charge is -2.38. The van der Waals surface area contributed by atoms with Crippen molar-refractivity contribution < 1.29 is 33.7 Å². The second-order valence-corrected chi connectivity index (χ2v) is 8.33. The molecule has 1 aliphatic heterocycles. The SMILES string of the molecule is CCCOC(=O)C1=C(C)NC2=C(C(=O)[C@H](C(=O)OC)[C@H](C)C2)[C@@H]1c1ccc(O)c(OCC)c1. The van der Waals surface area contributed by atoms with Gasteiger partial charge in [0, 0.05) is 22.9 Å². The number of phenolic OH excluding ortho intramolecular Hbond substituents is 1. The van der Waals surface area contributed by atoms with Crippen LogP contribution in [0.15, 0.2) is 40.7 Å². The lowest BCUT2D eigenvalue weighted by atomic mass is 9.69. The van der Waals surface area contributed by atoms with Gasteiger partial charge in [-0.05, 0) is 50.3 Å². The van der Waals surface area contributed by atoms with Crippen molar-refractivity contribution >= 4 is 17.7 Å². The number of ether oxygens (including phenoxy) is 3. The highest BCUT2D eigenvalue weighted by Crippen LogP contribution is 2.46. The van der Waals surface area contributed by atoms with Crippen molar-refractivity contribution in [1.82, 2.24) is 5.32 Å². The number of nitrogens with one attached hydrogen (secondary N) is 1. The number of phenols is 1. The summed E-state index contributed by atoms with van der Waals surface area (Å²) in [4.78, 5) is 39.3. The van der Waals surface area contributed by atoms with E-state index in [9.17, 15) is 19.5 Å². The van der Waals surface area contributed by atoms with Crippen LogP contribution in [0.1, 0.15) is 52.0 Å². The maximum absolute atomic E-state index is 13.7. The van der Waals surface area contributed by atoms with Crippen molar-refractivity contribution in [3.63, 3.8) is 0 Å². The summed E-state index contributed by atoms with van der Waals surface area (Å²) in [6, 6.07) is 4.75. The number of dihydropyridines is 1. The third kappa shape index (κ3) is 4.60. The van der Waals surface area contributed by atoms with E-state index in [1.54, 1.807) is 26.0 Å². The Morgan fingerprint density at radius 3 is 2.61 bits per heavy atom. The predicted molar refractivity (Wildman–Crippen MR) is 120 cm³/mol. The molecular weight excluding hydrogens is 426 g/mol. The number of esters is 2. The first-order valence-corrected chi connectivity index (χ1v) is 11.2. The summed E-state index contributed by atoms with van der Waals surface area (Å²) >= 11 is 0. The molecule has 0 bridgehead atoms. The Balaban J connectivity index is 2.19. The lowest BCUT2D eigenvalue weighted by Crippen LogP contribution is -2.43. The Morgan fingerprint density at radius 1 is 1.24 bits per heavy atom. The Bertz CT molecular complexity index is 1020. The topological polar surface area (TPSA) is 111 Å². The molecule has 8 nitrogen and oxygen atoms in total. The highest BCUT2D eigenvalue weighted by Gasteiger charge is 2.47. The van der Waals surface area contributed by atoms with Crippen LogP contribution >= 0.6 is 0 Å². The van der Waals surface area contributed by atoms with Crippen molar-refractivity contribution in [2.45, 2.75) is 46.5 Å². The summed E-state index contributed by atoms with van der Waals surface area (Å²) in [5.41, 5.74) is 2.47. The van der Waals surface area contributed by atoms with E-state index in [2.05, 4.69) is 5.32 Å². The van der Waals surface area contributed by atoms with Crippen LogP contribution in [-0.2, 0) is 23.9 Å². The summed E-state index contributed by atoms with van der Waals surface area (Å²) in [6.45, 7) is 7.86. The fourth-order valence-electron chi connectivity index (χ4n) is 4.54. The van der Waals surface area contributed by atoms with Crippen LogP contribution in [0.5, 0.6) is 11.5 Å². The zero-order valence-corrected chi connectivity index (χ0v) is 19.7. The first kappa shape index (κ1) is 24.4. The van der Waals surface area contributed by atoms with E-state index in [-0.39, 0.29) is 29.8 Å². The molecule has 2 aliphatic rings. The minimum Gasteiger partial charge on any atom is -0.504 e. The number of carbonyl (C=O) groups is 3. The number of hydrogen-bond donors (Lipinski definition) is 2. The summed E-state index contributed by atoms with van der Waals surface area (Å²) in [5, 5.41) is 13.4. The first-order valence-electron chi connectivity index (χ1n) is 11.2. The van der Waals surface area contributed by atoms with Crippen LogP contribution < -0.4 is 10.1 Å². The van der Waals surface area contributed by atoms with Gasteiger partial charge in [-0.15, -0.1) is 0 Å². The summed E-state index contributed by atoms with van der Waals surface area (Å²) < 4.78 is 15.9. The minimum absolute atomic E-state index is 0.0458. The van der Waals surface area contributed by atoms with E-state index in [0.717, 1.165) is 0 Å². The molecule has 0 saturated carbocycles. The molecule has 0 unspecified atom stereocenters. The number of aromatic hydroxyl groups is 1. The number of benzene rings is 1. The second-order valence-electron chi connectivity index (χ2n) is 8.33. The van der Waals surface area contributed by atoms with Gasteiger partial charge in [0.2, 0.25) is 0 Å². The van der Waals surface area contributed by atoms with Gasteiger partial charge in [-0.2, -0.15) is 0 Å². The van der Waals surface area contributed by atoms with Gasteiger partial charge in [0.15, 0.2) is 17.3 Å². The Kier molecular flexibility index (Phi) is 7.46. The molecule has 0 aromatic heterocycles. The molecule has 0 amide bonds. The van der Waals surface area contributed by atoms with Gasteiger partial charge in [-0.3, -0.25) is 9.59 Å². The van der Waals surface area contributed by atoms with Crippen molar-refractivity contribution in [1.29, 1.82) is 0 Å². The van der Waals surface area contributed by atoms with Gasteiger partial charge >= 0.3 is 11.9 Å². The third-order valence-electron chi connectivity index (χ3n) is 6.02. The Morgan fingerprint density at radius 2 is 1.97 bits per heavy atom. The van der Waals surface area contributed by atoms with E-state index in [0.29, 0.717) is 47.6 Å². The van der Waals surface area contributed by atoms with Crippen molar-refractivity contribution in [2.24, 2.45) is 11.8 Å². The number of ketones is 1. The summed E-state index contributed by atoms with van der Waals surface area (Å²) in [5.74, 6) is -3.33. The van der Waals surface area contributed by atoms with Crippen LogP contribution in [0.3, 0.4) is 0 Å². The van der Waals surface area contributed by atoms with Gasteiger partial charge in [0.05, 0.1) is 25.9 Å². The molecule has 0 spiro atoms. The van der Waals surface area contributed by atoms with Crippen LogP contribution in [0, 0.1) is 11.8 Å². The van der Waals surface area contributed by atoms with Gasteiger partial charge in [-0.1, -0.05) is 19.9 Å². The number of methoxy groups -OCH3 is 1. The zero-order valence-electron chi connectivity index (χ0n) is 19.7. The third-order valence-corrected chi connectivity index (χ3v) is 6.02. The molecule has 0 fully saturated rings. The van der Waals surface area contributed by atoms with E-state index in [1.165, 1.54) is 13.2 Å². The summed E-state index contributed by atoms with van der Waals surface area (Å²) in [7, 11) is 1.26. The van der Waals surface area contributed by atoms with Crippen LogP contribution in [0.2, 0.25) is 0 Å². The van der Waals surface area contributed by atoms with E-state index in [1.807, 2.05) is 13.8 Å². The molecule has 2 N–H and O–H groups in total. The normalized spacial score (nSPS) is 22.5. The molecule has 3 atom stereocenters. The van der Waals surface area contributed by atoms with Crippen molar-refractivity contribution in [3.05, 3.63) is 46.3 Å². The van der Waals surface area contributed by atoms with E-state index in [4.69, 9.17) is 14.2 Å². The average molecular weight is 458 g/mol. The Labute approximate surface area is 193 Å². The van der Waals surface area contributed by atoms with Gasteiger partial charge in [-0.25, -0.2) is 4.79 Å². The number of carbonyl (C=O) groups excluding carboxylic acids is 3. The second kappa shape index (κ2) is 10.1. The quantitative estimate of drug-likeness (QED) is 0.474. The largest absolute Gasteiger partial charge is 0.504 e. The standard InChI is InChI=1S/C25H31NO7/c1-6-10-33-25(30)20-14(4)26-16-11-13(3)19(24(29)31-5)23(28)22(16)21(20)15-8-9-17(27)18(12-15)32-7-2/h8-9,12-13,19,21,26-27H,6-7,10-11H2,1-5H3/t13-,19-,21-/m1/s1. The van der Waals surface area contributed by atoms with Crippen LogP contribution in [0.25, 0.3) is 0 Å². The maximum atomic E-state index is 13.7. The van der Waals surface area contributed by atoms with Gasteiger partial charge in [0.1, 0.15) is 5.92 Å². The number of rotatable bonds is 7. The molecular formula is C25H31NO7. The smallest absolute Gasteiger partial charge is 0.336 e. The minimum atomic E-state index is -0.965. The monoisotopic (exact) mass is 457 g/mol. The molecule has 1 aliphatic carbocycles. The van der Waals surface area contributed by atoms with Gasteiger partial charge in [0.25, 0.3) is 0 Å². The summed E-state index contributed by atoms with van der Waals surface area (Å²) in [6.07, 6.45) is 1.10. The van der Waals surface area contributed by atoms with Gasteiger partial charge < -0.3 is 24.6 Å². The molecule has 0 radical (unpaired) electrons. The fraction of sp³-hybridized carbons (Fsp3) is 0.480. The van der Waals surface area contributed by atoms with E-state index < -0.39 is 23.8 Å². The molecule has 8 heteroatoms. The molecule has 33 heavy (non-hydrogen) atoms. The lowest BCUT2D eigenvalue weighted by molar-refractivity contribution is -0.151. The number of allylic oxidation sites excluding steroid dienone is 3. The molecule has 1 heterocycles. The first-order chi connectivity index (χ1) is 15.7.